The van der Waals surface area contributed by atoms with E-state index in [1.54, 1.807) is 0 Å². The molecule has 0 aliphatic carbocycles. The smallest absolute Gasteiger partial charge is 0.174 e. The van der Waals surface area contributed by atoms with Gasteiger partial charge in [-0.05, 0) is 43.2 Å². The summed E-state index contributed by atoms with van der Waals surface area (Å²) in [5.41, 5.74) is 11.0. The zero-order valence-corrected chi connectivity index (χ0v) is 11.5. The highest BCUT2D eigenvalue weighted by Crippen LogP contribution is 2.25. The van der Waals surface area contributed by atoms with Crippen molar-refractivity contribution in [3.05, 3.63) is 53.6 Å². The summed E-state index contributed by atoms with van der Waals surface area (Å²) >= 11 is 0. The molecule has 0 radical (unpaired) electrons. The van der Waals surface area contributed by atoms with Crippen molar-refractivity contribution in [2.24, 2.45) is 0 Å². The molecule has 1 aromatic heterocycles. The number of hydrogen-bond donors (Lipinski definition) is 2. The van der Waals surface area contributed by atoms with E-state index in [2.05, 4.69) is 35.2 Å². The predicted molar refractivity (Wildman–Crippen MR) is 83.1 cm³/mol. The number of fused-ring (bicyclic) bond motifs is 1. The molecule has 100 valence electrons. The lowest BCUT2D eigenvalue weighted by molar-refractivity contribution is 1.27. The summed E-state index contributed by atoms with van der Waals surface area (Å²) < 4.78 is 0. The second-order valence-electron chi connectivity index (χ2n) is 4.82. The van der Waals surface area contributed by atoms with Crippen molar-refractivity contribution in [2.75, 3.05) is 11.1 Å². The van der Waals surface area contributed by atoms with Crippen LogP contribution in [0, 0.1) is 13.8 Å². The van der Waals surface area contributed by atoms with Crippen LogP contribution in [0.25, 0.3) is 11.0 Å². The highest BCUT2D eigenvalue weighted by atomic mass is 15.1. The Bertz CT molecular complexity index is 781. The molecular weight excluding hydrogens is 248 g/mol. The van der Waals surface area contributed by atoms with E-state index in [4.69, 9.17) is 5.73 Å². The zero-order valence-electron chi connectivity index (χ0n) is 11.5. The quantitative estimate of drug-likeness (QED) is 0.742. The van der Waals surface area contributed by atoms with E-state index in [-0.39, 0.29) is 0 Å². The third-order valence-corrected chi connectivity index (χ3v) is 3.46. The van der Waals surface area contributed by atoms with Crippen LogP contribution in [0.3, 0.4) is 0 Å². The third-order valence-electron chi connectivity index (χ3n) is 3.46. The van der Waals surface area contributed by atoms with Gasteiger partial charge < -0.3 is 11.1 Å². The van der Waals surface area contributed by atoms with Gasteiger partial charge in [-0.15, -0.1) is 0 Å². The van der Waals surface area contributed by atoms with Crippen molar-refractivity contribution in [2.45, 2.75) is 13.8 Å². The van der Waals surface area contributed by atoms with Gasteiger partial charge in [-0.1, -0.05) is 24.3 Å². The molecule has 3 aromatic rings. The highest BCUT2D eigenvalue weighted by molar-refractivity contribution is 5.81. The van der Waals surface area contributed by atoms with Crippen molar-refractivity contribution in [1.29, 1.82) is 0 Å². The van der Waals surface area contributed by atoms with E-state index in [0.29, 0.717) is 11.6 Å². The lowest BCUT2D eigenvalue weighted by Gasteiger charge is -2.12. The minimum atomic E-state index is 0.407. The maximum absolute atomic E-state index is 5.99. The van der Waals surface area contributed by atoms with Crippen LogP contribution in [0.4, 0.5) is 17.3 Å². The molecule has 0 saturated heterocycles. The first-order valence-corrected chi connectivity index (χ1v) is 6.50. The van der Waals surface area contributed by atoms with E-state index >= 15 is 0 Å². The largest absolute Gasteiger partial charge is 0.381 e. The lowest BCUT2D eigenvalue weighted by atomic mass is 10.1. The molecule has 2 aromatic carbocycles. The molecule has 3 rings (SSSR count). The van der Waals surface area contributed by atoms with Gasteiger partial charge in [-0.25, -0.2) is 9.97 Å². The monoisotopic (exact) mass is 264 g/mol. The van der Waals surface area contributed by atoms with Crippen LogP contribution < -0.4 is 11.1 Å². The number of para-hydroxylation sites is 2. The first-order valence-electron chi connectivity index (χ1n) is 6.50. The second kappa shape index (κ2) is 4.81. The fraction of sp³-hybridized carbons (Fsp3) is 0.125. The summed E-state index contributed by atoms with van der Waals surface area (Å²) in [6.45, 7) is 4.15. The summed E-state index contributed by atoms with van der Waals surface area (Å²) in [6, 6.07) is 13.8. The van der Waals surface area contributed by atoms with Gasteiger partial charge in [0, 0.05) is 5.69 Å². The number of aryl methyl sites for hydroxylation is 1. The maximum atomic E-state index is 5.99. The molecule has 0 saturated carbocycles. The van der Waals surface area contributed by atoms with Crippen LogP contribution in [-0.4, -0.2) is 9.97 Å². The first-order chi connectivity index (χ1) is 9.65. The van der Waals surface area contributed by atoms with Gasteiger partial charge in [0.25, 0.3) is 0 Å². The molecule has 0 atom stereocenters. The van der Waals surface area contributed by atoms with E-state index in [9.17, 15) is 0 Å². The van der Waals surface area contributed by atoms with Crippen LogP contribution in [-0.2, 0) is 0 Å². The van der Waals surface area contributed by atoms with Crippen LogP contribution >= 0.6 is 0 Å². The number of nitrogens with two attached hydrogens (primary N) is 1. The van der Waals surface area contributed by atoms with Gasteiger partial charge in [0.15, 0.2) is 11.6 Å². The standard InChI is InChI=1S/C16H16N4/c1-10-6-5-9-12(11(10)2)19-16-15(17)18-13-7-3-4-8-14(13)20-16/h3-9H,1-2H3,(H2,17,18)(H,19,20). The van der Waals surface area contributed by atoms with Gasteiger partial charge in [-0.3, -0.25) is 0 Å². The molecule has 0 spiro atoms. The van der Waals surface area contributed by atoms with E-state index in [0.717, 1.165) is 16.7 Å². The number of nitrogens with zero attached hydrogens (tertiary/aromatic N) is 2. The topological polar surface area (TPSA) is 63.8 Å². The SMILES string of the molecule is Cc1cccc(Nc2nc3ccccc3nc2N)c1C. The Morgan fingerprint density at radius 1 is 0.900 bits per heavy atom. The van der Waals surface area contributed by atoms with E-state index in [1.807, 2.05) is 36.4 Å². The highest BCUT2D eigenvalue weighted by Gasteiger charge is 2.08. The molecule has 0 amide bonds. The zero-order chi connectivity index (χ0) is 14.1. The van der Waals surface area contributed by atoms with Crippen molar-refractivity contribution in [3.8, 4) is 0 Å². The van der Waals surface area contributed by atoms with Crippen molar-refractivity contribution in [1.82, 2.24) is 9.97 Å². The average molecular weight is 264 g/mol. The number of benzene rings is 2. The molecule has 0 aliphatic rings. The molecule has 0 fully saturated rings. The molecule has 20 heavy (non-hydrogen) atoms. The van der Waals surface area contributed by atoms with Crippen LogP contribution in [0.2, 0.25) is 0 Å². The molecular formula is C16H16N4. The number of nitrogens with one attached hydrogen (secondary N) is 1. The molecule has 0 unspecified atom stereocenters. The summed E-state index contributed by atoms with van der Waals surface area (Å²) in [5.74, 6) is 1.00. The third kappa shape index (κ3) is 2.16. The fourth-order valence-corrected chi connectivity index (χ4v) is 2.12. The van der Waals surface area contributed by atoms with Gasteiger partial charge in [-0.2, -0.15) is 0 Å². The molecule has 4 nitrogen and oxygen atoms in total. The van der Waals surface area contributed by atoms with Crippen molar-refractivity contribution in [3.63, 3.8) is 0 Å². The minimum absolute atomic E-state index is 0.407. The van der Waals surface area contributed by atoms with Gasteiger partial charge in [0.1, 0.15) is 0 Å². The summed E-state index contributed by atoms with van der Waals surface area (Å²) in [4.78, 5) is 8.92. The first kappa shape index (κ1) is 12.4. The van der Waals surface area contributed by atoms with Gasteiger partial charge in [0.05, 0.1) is 11.0 Å². The van der Waals surface area contributed by atoms with Crippen LogP contribution in [0.1, 0.15) is 11.1 Å². The van der Waals surface area contributed by atoms with E-state index in [1.165, 1.54) is 11.1 Å². The molecule has 0 aliphatic heterocycles. The normalized spacial score (nSPS) is 10.7. The Labute approximate surface area is 117 Å². The molecule has 3 N–H and O–H groups in total. The van der Waals surface area contributed by atoms with Crippen LogP contribution in [0.5, 0.6) is 0 Å². The number of rotatable bonds is 2. The molecule has 1 heterocycles. The summed E-state index contributed by atoms with van der Waals surface area (Å²) in [6.07, 6.45) is 0. The Morgan fingerprint density at radius 2 is 1.60 bits per heavy atom. The Kier molecular flexibility index (Phi) is 2.99. The average Bonchev–Trinajstić information content (AvgIpc) is 2.44. The molecule has 0 bridgehead atoms. The minimum Gasteiger partial charge on any atom is -0.381 e. The predicted octanol–water partition coefficient (Wildman–Crippen LogP) is 3.57. The second-order valence-corrected chi connectivity index (χ2v) is 4.82. The summed E-state index contributed by atoms with van der Waals surface area (Å²) in [5, 5.41) is 3.27. The summed E-state index contributed by atoms with van der Waals surface area (Å²) in [7, 11) is 0. The van der Waals surface area contributed by atoms with Crippen molar-refractivity contribution >= 4 is 28.4 Å². The number of nitrogen functional groups attached to an aromatic ring is 1. The Balaban J connectivity index is 2.06. The number of hydrogen-bond acceptors (Lipinski definition) is 4. The maximum Gasteiger partial charge on any atom is 0.174 e. The number of anilines is 3. The Morgan fingerprint density at radius 3 is 2.35 bits per heavy atom. The van der Waals surface area contributed by atoms with E-state index < -0.39 is 0 Å². The molecule has 4 heteroatoms. The van der Waals surface area contributed by atoms with Crippen LogP contribution in [0.15, 0.2) is 42.5 Å². The lowest BCUT2D eigenvalue weighted by Crippen LogP contribution is -2.03. The fourth-order valence-electron chi connectivity index (χ4n) is 2.12. The number of aromatic nitrogens is 2. The van der Waals surface area contributed by atoms with Gasteiger partial charge >= 0.3 is 0 Å². The Hall–Kier alpha value is -2.62. The van der Waals surface area contributed by atoms with Crippen molar-refractivity contribution < 1.29 is 0 Å². The van der Waals surface area contributed by atoms with Gasteiger partial charge in [0.2, 0.25) is 0 Å².